The highest BCUT2D eigenvalue weighted by Gasteiger charge is 2.18. The van der Waals surface area contributed by atoms with Crippen LogP contribution in [0.3, 0.4) is 0 Å². The summed E-state index contributed by atoms with van der Waals surface area (Å²) >= 11 is 0. The van der Waals surface area contributed by atoms with Crippen molar-refractivity contribution in [1.29, 1.82) is 0 Å². The zero-order valence-electron chi connectivity index (χ0n) is 11.4. The van der Waals surface area contributed by atoms with Crippen LogP contribution in [0.1, 0.15) is 18.3 Å². The number of hydrogen-bond donors (Lipinski definition) is 2. The number of aryl methyl sites for hydroxylation is 2. The lowest BCUT2D eigenvalue weighted by molar-refractivity contribution is 0.271. The number of aliphatic hydroxyl groups excluding tert-OH is 1. The standard InChI is InChI=1S/C13H17N3O3S/c1-3-16-8-12(7-11(16)9-17)20(18,19)15-13-6-4-5-10(2)14-13/h4-8,17H,3,9H2,1-2H3,(H,14,15). The molecule has 2 N–H and O–H groups in total. The minimum atomic E-state index is -3.70. The van der Waals surface area contributed by atoms with Crippen molar-refractivity contribution in [1.82, 2.24) is 9.55 Å². The number of pyridine rings is 1. The van der Waals surface area contributed by atoms with Crippen molar-refractivity contribution in [2.75, 3.05) is 4.72 Å². The molecule has 2 aromatic rings. The van der Waals surface area contributed by atoms with Gasteiger partial charge in [-0.2, -0.15) is 0 Å². The molecule has 0 saturated heterocycles. The number of nitrogens with one attached hydrogen (secondary N) is 1. The van der Waals surface area contributed by atoms with Crippen LogP contribution in [0.2, 0.25) is 0 Å². The number of anilines is 1. The van der Waals surface area contributed by atoms with E-state index in [0.717, 1.165) is 5.69 Å². The van der Waals surface area contributed by atoms with Gasteiger partial charge in [-0.3, -0.25) is 4.72 Å². The highest BCUT2D eigenvalue weighted by atomic mass is 32.2. The van der Waals surface area contributed by atoms with Gasteiger partial charge in [0.05, 0.1) is 6.61 Å². The zero-order valence-corrected chi connectivity index (χ0v) is 12.2. The van der Waals surface area contributed by atoms with E-state index in [-0.39, 0.29) is 17.3 Å². The SMILES string of the molecule is CCn1cc(S(=O)(=O)Nc2cccc(C)n2)cc1CO. The number of sulfonamides is 1. The van der Waals surface area contributed by atoms with Crippen LogP contribution in [0.5, 0.6) is 0 Å². The van der Waals surface area contributed by atoms with Crippen LogP contribution in [0.15, 0.2) is 35.4 Å². The Kier molecular flexibility index (Phi) is 4.10. The van der Waals surface area contributed by atoms with Crippen LogP contribution < -0.4 is 4.72 Å². The van der Waals surface area contributed by atoms with Crippen LogP contribution in [0.25, 0.3) is 0 Å². The fourth-order valence-electron chi connectivity index (χ4n) is 1.90. The van der Waals surface area contributed by atoms with E-state index in [1.165, 1.54) is 12.3 Å². The Morgan fingerprint density at radius 1 is 1.40 bits per heavy atom. The molecule has 0 amide bonds. The van der Waals surface area contributed by atoms with Gasteiger partial charge < -0.3 is 9.67 Å². The first-order valence-electron chi connectivity index (χ1n) is 6.22. The molecule has 7 heteroatoms. The van der Waals surface area contributed by atoms with Gasteiger partial charge in [0, 0.05) is 24.1 Å². The monoisotopic (exact) mass is 295 g/mol. The third-order valence-electron chi connectivity index (χ3n) is 2.90. The van der Waals surface area contributed by atoms with E-state index >= 15 is 0 Å². The van der Waals surface area contributed by atoms with Gasteiger partial charge >= 0.3 is 0 Å². The second kappa shape index (κ2) is 5.64. The molecule has 0 radical (unpaired) electrons. The van der Waals surface area contributed by atoms with Crippen LogP contribution in [-0.2, 0) is 23.2 Å². The van der Waals surface area contributed by atoms with Crippen LogP contribution >= 0.6 is 0 Å². The topological polar surface area (TPSA) is 84.2 Å². The fourth-order valence-corrected chi connectivity index (χ4v) is 2.96. The molecule has 0 aliphatic rings. The molecule has 0 aliphatic heterocycles. The molecular formula is C13H17N3O3S. The molecular weight excluding hydrogens is 278 g/mol. The number of nitrogens with zero attached hydrogens (tertiary/aromatic N) is 2. The molecule has 0 aromatic carbocycles. The summed E-state index contributed by atoms with van der Waals surface area (Å²) in [6, 6.07) is 6.57. The Balaban J connectivity index is 2.33. The van der Waals surface area contributed by atoms with Crippen LogP contribution in [0, 0.1) is 6.92 Å². The van der Waals surface area contributed by atoms with Crippen molar-refractivity contribution in [3.8, 4) is 0 Å². The van der Waals surface area contributed by atoms with Crippen molar-refractivity contribution < 1.29 is 13.5 Å². The quantitative estimate of drug-likeness (QED) is 0.875. The van der Waals surface area contributed by atoms with Gasteiger partial charge in [0.25, 0.3) is 10.0 Å². The van der Waals surface area contributed by atoms with E-state index in [9.17, 15) is 13.5 Å². The molecule has 0 atom stereocenters. The first-order chi connectivity index (χ1) is 9.46. The van der Waals surface area contributed by atoms with Crippen molar-refractivity contribution >= 4 is 15.8 Å². The molecule has 6 nitrogen and oxygen atoms in total. The van der Waals surface area contributed by atoms with Crippen molar-refractivity contribution in [2.45, 2.75) is 31.9 Å². The predicted molar refractivity (Wildman–Crippen MR) is 75.8 cm³/mol. The summed E-state index contributed by atoms with van der Waals surface area (Å²) in [4.78, 5) is 4.22. The lowest BCUT2D eigenvalue weighted by atomic mass is 10.4. The number of hydrogen-bond acceptors (Lipinski definition) is 4. The Morgan fingerprint density at radius 2 is 2.15 bits per heavy atom. The van der Waals surface area contributed by atoms with Gasteiger partial charge in [0.15, 0.2) is 0 Å². The summed E-state index contributed by atoms with van der Waals surface area (Å²) in [5.74, 6) is 0.278. The van der Waals surface area contributed by atoms with E-state index in [4.69, 9.17) is 0 Å². The van der Waals surface area contributed by atoms with E-state index in [1.54, 1.807) is 29.7 Å². The molecule has 0 bridgehead atoms. The molecule has 0 saturated carbocycles. The highest BCUT2D eigenvalue weighted by Crippen LogP contribution is 2.18. The maximum Gasteiger partial charge on any atom is 0.264 e. The second-order valence-electron chi connectivity index (χ2n) is 4.38. The summed E-state index contributed by atoms with van der Waals surface area (Å²) in [6.45, 7) is 4.06. The summed E-state index contributed by atoms with van der Waals surface area (Å²) in [5, 5.41) is 9.21. The smallest absolute Gasteiger partial charge is 0.264 e. The molecule has 0 spiro atoms. The van der Waals surface area contributed by atoms with Crippen LogP contribution in [0.4, 0.5) is 5.82 Å². The first-order valence-corrected chi connectivity index (χ1v) is 7.71. The van der Waals surface area contributed by atoms with E-state index < -0.39 is 10.0 Å². The normalized spacial score (nSPS) is 11.6. The Bertz CT molecular complexity index is 686. The molecule has 20 heavy (non-hydrogen) atoms. The Morgan fingerprint density at radius 3 is 2.70 bits per heavy atom. The van der Waals surface area contributed by atoms with Crippen molar-refractivity contribution in [3.63, 3.8) is 0 Å². The zero-order chi connectivity index (χ0) is 14.8. The second-order valence-corrected chi connectivity index (χ2v) is 6.06. The summed E-state index contributed by atoms with van der Waals surface area (Å²) in [6.07, 6.45) is 1.50. The first kappa shape index (κ1) is 14.5. The molecule has 2 aromatic heterocycles. The minimum Gasteiger partial charge on any atom is -0.390 e. The molecule has 0 fully saturated rings. The van der Waals surface area contributed by atoms with Crippen molar-refractivity contribution in [2.24, 2.45) is 0 Å². The van der Waals surface area contributed by atoms with E-state index in [2.05, 4.69) is 9.71 Å². The summed E-state index contributed by atoms with van der Waals surface area (Å²) < 4.78 is 28.7. The van der Waals surface area contributed by atoms with Crippen LogP contribution in [-0.4, -0.2) is 23.1 Å². The third kappa shape index (κ3) is 3.00. The number of aliphatic hydroxyl groups is 1. The summed E-state index contributed by atoms with van der Waals surface area (Å²) in [7, 11) is -3.70. The van der Waals surface area contributed by atoms with Gasteiger partial charge in [0.1, 0.15) is 10.7 Å². The minimum absolute atomic E-state index is 0.117. The van der Waals surface area contributed by atoms with Gasteiger partial charge in [-0.15, -0.1) is 0 Å². The fraction of sp³-hybridized carbons (Fsp3) is 0.308. The Labute approximate surface area is 118 Å². The molecule has 0 unspecified atom stereocenters. The molecule has 2 heterocycles. The maximum atomic E-state index is 12.3. The number of rotatable bonds is 5. The third-order valence-corrected chi connectivity index (χ3v) is 4.22. The van der Waals surface area contributed by atoms with E-state index in [1.807, 2.05) is 6.92 Å². The largest absolute Gasteiger partial charge is 0.390 e. The maximum absolute atomic E-state index is 12.3. The molecule has 2 rings (SSSR count). The average molecular weight is 295 g/mol. The molecule has 0 aliphatic carbocycles. The van der Waals surface area contributed by atoms with Crippen molar-refractivity contribution in [3.05, 3.63) is 41.9 Å². The Hall–Kier alpha value is -1.86. The summed E-state index contributed by atoms with van der Waals surface area (Å²) in [5.41, 5.74) is 1.29. The van der Waals surface area contributed by atoms with Gasteiger partial charge in [0.2, 0.25) is 0 Å². The average Bonchev–Trinajstić information content (AvgIpc) is 2.82. The van der Waals surface area contributed by atoms with Gasteiger partial charge in [-0.05, 0) is 32.0 Å². The van der Waals surface area contributed by atoms with E-state index in [0.29, 0.717) is 12.2 Å². The lowest BCUT2D eigenvalue weighted by Gasteiger charge is -2.06. The van der Waals surface area contributed by atoms with Gasteiger partial charge in [-0.25, -0.2) is 13.4 Å². The highest BCUT2D eigenvalue weighted by molar-refractivity contribution is 7.92. The lowest BCUT2D eigenvalue weighted by Crippen LogP contribution is -2.13. The predicted octanol–water partition coefficient (Wildman–Crippen LogP) is 1.50. The van der Waals surface area contributed by atoms with Gasteiger partial charge in [-0.1, -0.05) is 6.07 Å². The number of aromatic nitrogens is 2. The molecule has 108 valence electrons.